The zero-order valence-corrected chi connectivity index (χ0v) is 10.1. The van der Waals surface area contributed by atoms with Crippen molar-refractivity contribution in [3.63, 3.8) is 0 Å². The van der Waals surface area contributed by atoms with Crippen LogP contribution in [0.15, 0.2) is 24.3 Å². The lowest BCUT2D eigenvalue weighted by molar-refractivity contribution is 0.172. The Balaban J connectivity index is 1.96. The Labute approximate surface area is 97.3 Å². The van der Waals surface area contributed by atoms with Crippen LogP contribution >= 0.6 is 0 Å². The van der Waals surface area contributed by atoms with E-state index < -0.39 is 0 Å². The molecule has 1 nitrogen and oxygen atoms in total. The van der Waals surface area contributed by atoms with Crippen molar-refractivity contribution in [1.29, 1.82) is 0 Å². The maximum Gasteiger partial charge on any atom is 0.123 e. The SMILES string of the molecule is CC(C)N1CCC(c2ccc(F)cc2)CC1. The molecule has 1 saturated heterocycles. The Bertz CT molecular complexity index is 323. The molecule has 0 spiro atoms. The van der Waals surface area contributed by atoms with Crippen molar-refractivity contribution in [1.82, 2.24) is 4.90 Å². The van der Waals surface area contributed by atoms with Gasteiger partial charge in [-0.05, 0) is 63.4 Å². The Hall–Kier alpha value is -0.890. The topological polar surface area (TPSA) is 3.24 Å². The van der Waals surface area contributed by atoms with E-state index in [0.29, 0.717) is 12.0 Å². The molecule has 1 aliphatic heterocycles. The summed E-state index contributed by atoms with van der Waals surface area (Å²) >= 11 is 0. The highest BCUT2D eigenvalue weighted by atomic mass is 19.1. The summed E-state index contributed by atoms with van der Waals surface area (Å²) in [5.41, 5.74) is 1.30. The molecule has 1 aliphatic rings. The number of rotatable bonds is 2. The molecule has 1 aromatic carbocycles. The van der Waals surface area contributed by atoms with E-state index in [1.807, 2.05) is 12.1 Å². The molecule has 0 atom stereocenters. The van der Waals surface area contributed by atoms with Gasteiger partial charge >= 0.3 is 0 Å². The molecule has 2 heteroatoms. The number of likely N-dealkylation sites (tertiary alicyclic amines) is 1. The van der Waals surface area contributed by atoms with Crippen molar-refractivity contribution < 1.29 is 4.39 Å². The van der Waals surface area contributed by atoms with Gasteiger partial charge in [-0.25, -0.2) is 4.39 Å². The third-order valence-corrected chi connectivity index (χ3v) is 3.60. The summed E-state index contributed by atoms with van der Waals surface area (Å²) in [6.07, 6.45) is 2.40. The van der Waals surface area contributed by atoms with E-state index in [9.17, 15) is 4.39 Å². The Morgan fingerprint density at radius 3 is 2.19 bits per heavy atom. The standard InChI is InChI=1S/C14H20FN/c1-11(2)16-9-7-13(8-10-16)12-3-5-14(15)6-4-12/h3-6,11,13H,7-10H2,1-2H3. The fourth-order valence-electron chi connectivity index (χ4n) is 2.48. The molecule has 16 heavy (non-hydrogen) atoms. The molecule has 1 heterocycles. The largest absolute Gasteiger partial charge is 0.301 e. The summed E-state index contributed by atoms with van der Waals surface area (Å²) in [6.45, 7) is 6.83. The van der Waals surface area contributed by atoms with Gasteiger partial charge in [-0.15, -0.1) is 0 Å². The number of hydrogen-bond donors (Lipinski definition) is 0. The van der Waals surface area contributed by atoms with Crippen molar-refractivity contribution in [2.45, 2.75) is 38.6 Å². The molecule has 0 radical (unpaired) electrons. The van der Waals surface area contributed by atoms with Gasteiger partial charge in [0, 0.05) is 6.04 Å². The summed E-state index contributed by atoms with van der Waals surface area (Å²) in [7, 11) is 0. The van der Waals surface area contributed by atoms with Gasteiger partial charge in [-0.1, -0.05) is 12.1 Å². The predicted octanol–water partition coefficient (Wildman–Crippen LogP) is 3.41. The quantitative estimate of drug-likeness (QED) is 0.739. The Morgan fingerprint density at radius 1 is 1.12 bits per heavy atom. The highest BCUT2D eigenvalue weighted by Gasteiger charge is 2.21. The lowest BCUT2D eigenvalue weighted by Gasteiger charge is -2.34. The van der Waals surface area contributed by atoms with Crippen molar-refractivity contribution in [3.05, 3.63) is 35.6 Å². The second-order valence-electron chi connectivity index (χ2n) is 4.96. The van der Waals surface area contributed by atoms with E-state index in [2.05, 4.69) is 18.7 Å². The Morgan fingerprint density at radius 2 is 1.69 bits per heavy atom. The first-order valence-electron chi connectivity index (χ1n) is 6.16. The molecular weight excluding hydrogens is 201 g/mol. The highest BCUT2D eigenvalue weighted by Crippen LogP contribution is 2.28. The van der Waals surface area contributed by atoms with E-state index in [4.69, 9.17) is 0 Å². The molecule has 0 aromatic heterocycles. The van der Waals surface area contributed by atoms with Crippen LogP contribution in [-0.4, -0.2) is 24.0 Å². The molecule has 0 N–H and O–H groups in total. The summed E-state index contributed by atoms with van der Waals surface area (Å²) in [4.78, 5) is 2.51. The van der Waals surface area contributed by atoms with Gasteiger partial charge < -0.3 is 4.90 Å². The summed E-state index contributed by atoms with van der Waals surface area (Å²) < 4.78 is 12.8. The molecule has 0 amide bonds. The molecule has 1 fully saturated rings. The number of benzene rings is 1. The average molecular weight is 221 g/mol. The normalized spacial score (nSPS) is 19.2. The smallest absolute Gasteiger partial charge is 0.123 e. The number of piperidine rings is 1. The Kier molecular flexibility index (Phi) is 3.59. The average Bonchev–Trinajstić information content (AvgIpc) is 2.30. The maximum absolute atomic E-state index is 12.8. The highest BCUT2D eigenvalue weighted by molar-refractivity contribution is 5.21. The molecule has 88 valence electrons. The minimum atomic E-state index is -0.136. The van der Waals surface area contributed by atoms with Crippen molar-refractivity contribution in [2.24, 2.45) is 0 Å². The van der Waals surface area contributed by atoms with Crippen LogP contribution in [0, 0.1) is 5.82 Å². The number of nitrogens with zero attached hydrogens (tertiary/aromatic N) is 1. The summed E-state index contributed by atoms with van der Waals surface area (Å²) in [5, 5.41) is 0. The van der Waals surface area contributed by atoms with Crippen LogP contribution in [0.4, 0.5) is 4.39 Å². The summed E-state index contributed by atoms with van der Waals surface area (Å²) in [6, 6.07) is 7.67. The summed E-state index contributed by atoms with van der Waals surface area (Å²) in [5.74, 6) is 0.485. The minimum absolute atomic E-state index is 0.136. The van der Waals surface area contributed by atoms with Crippen LogP contribution in [0.1, 0.15) is 38.2 Å². The zero-order valence-electron chi connectivity index (χ0n) is 10.1. The monoisotopic (exact) mass is 221 g/mol. The van der Waals surface area contributed by atoms with Crippen LogP contribution in [0.2, 0.25) is 0 Å². The van der Waals surface area contributed by atoms with E-state index in [-0.39, 0.29) is 5.82 Å². The first-order valence-corrected chi connectivity index (χ1v) is 6.16. The van der Waals surface area contributed by atoms with Gasteiger partial charge in [-0.2, -0.15) is 0 Å². The van der Waals surface area contributed by atoms with Gasteiger partial charge in [0.15, 0.2) is 0 Å². The first-order chi connectivity index (χ1) is 7.66. The molecule has 1 aromatic rings. The third kappa shape index (κ3) is 2.62. The molecule has 0 saturated carbocycles. The molecule has 0 bridgehead atoms. The fourth-order valence-corrected chi connectivity index (χ4v) is 2.48. The number of halogens is 1. The molecule has 0 unspecified atom stereocenters. The lowest BCUT2D eigenvalue weighted by atomic mass is 9.89. The van der Waals surface area contributed by atoms with Crippen molar-refractivity contribution in [3.8, 4) is 0 Å². The van der Waals surface area contributed by atoms with Gasteiger partial charge in [0.05, 0.1) is 0 Å². The molecule has 0 aliphatic carbocycles. The first kappa shape index (κ1) is 11.6. The van der Waals surface area contributed by atoms with Crippen LogP contribution in [0.3, 0.4) is 0 Å². The second kappa shape index (κ2) is 4.96. The van der Waals surface area contributed by atoms with E-state index in [1.165, 1.54) is 31.5 Å². The van der Waals surface area contributed by atoms with Gasteiger partial charge in [0.2, 0.25) is 0 Å². The maximum atomic E-state index is 12.8. The van der Waals surface area contributed by atoms with Crippen molar-refractivity contribution in [2.75, 3.05) is 13.1 Å². The van der Waals surface area contributed by atoms with Gasteiger partial charge in [-0.3, -0.25) is 0 Å². The van der Waals surface area contributed by atoms with Crippen LogP contribution < -0.4 is 0 Å². The molecular formula is C14H20FN. The minimum Gasteiger partial charge on any atom is -0.301 e. The molecule has 2 rings (SSSR count). The zero-order chi connectivity index (χ0) is 11.5. The third-order valence-electron chi connectivity index (χ3n) is 3.60. The van der Waals surface area contributed by atoms with E-state index >= 15 is 0 Å². The van der Waals surface area contributed by atoms with Crippen LogP contribution in [0.25, 0.3) is 0 Å². The predicted molar refractivity (Wildman–Crippen MR) is 65.1 cm³/mol. The van der Waals surface area contributed by atoms with Crippen molar-refractivity contribution >= 4 is 0 Å². The lowest BCUT2D eigenvalue weighted by Crippen LogP contribution is -2.37. The second-order valence-corrected chi connectivity index (χ2v) is 4.96. The van der Waals surface area contributed by atoms with Crippen LogP contribution in [0.5, 0.6) is 0 Å². The van der Waals surface area contributed by atoms with Crippen LogP contribution in [-0.2, 0) is 0 Å². The van der Waals surface area contributed by atoms with E-state index in [0.717, 1.165) is 0 Å². The number of hydrogen-bond acceptors (Lipinski definition) is 1. The van der Waals surface area contributed by atoms with Gasteiger partial charge in [0.1, 0.15) is 5.82 Å². The van der Waals surface area contributed by atoms with E-state index in [1.54, 1.807) is 12.1 Å². The fraction of sp³-hybridized carbons (Fsp3) is 0.571. The van der Waals surface area contributed by atoms with Gasteiger partial charge in [0.25, 0.3) is 0 Å².